The van der Waals surface area contributed by atoms with Crippen molar-refractivity contribution in [2.75, 3.05) is 7.05 Å². The summed E-state index contributed by atoms with van der Waals surface area (Å²) in [7, 11) is 1.89. The van der Waals surface area contributed by atoms with Crippen molar-refractivity contribution >= 4 is 5.91 Å². The predicted molar refractivity (Wildman–Crippen MR) is 72.7 cm³/mol. The van der Waals surface area contributed by atoms with Crippen LogP contribution in [0.4, 0.5) is 0 Å². The van der Waals surface area contributed by atoms with Crippen molar-refractivity contribution in [3.8, 4) is 0 Å². The van der Waals surface area contributed by atoms with Gasteiger partial charge < -0.3 is 4.90 Å². The van der Waals surface area contributed by atoms with E-state index in [0.717, 1.165) is 12.1 Å². The molecule has 2 heteroatoms. The molecule has 1 aliphatic heterocycles. The Hall–Kier alpha value is -1.57. The molecule has 0 spiro atoms. The molecular formula is C16H19NO. The molecule has 2 unspecified atom stereocenters. The molecule has 0 aromatic heterocycles. The third kappa shape index (κ3) is 1.26. The standard InChI is InChI=1S/C16H19NO/c1-10-6-5-7-12-8-14-13(9-16(10,12)3)11(2)15(18)17(14)4/h5-8,11H,9H2,1-4H3. The summed E-state index contributed by atoms with van der Waals surface area (Å²) in [5.74, 6) is 0.267. The Morgan fingerprint density at radius 1 is 1.44 bits per heavy atom. The molecule has 0 saturated heterocycles. The first-order valence-electron chi connectivity index (χ1n) is 6.53. The van der Waals surface area contributed by atoms with Crippen LogP contribution in [0, 0.1) is 11.3 Å². The van der Waals surface area contributed by atoms with Gasteiger partial charge in [-0.15, -0.1) is 0 Å². The minimum atomic E-state index is 0.0401. The second-order valence-electron chi connectivity index (χ2n) is 5.85. The normalized spacial score (nSPS) is 34.3. The van der Waals surface area contributed by atoms with E-state index in [4.69, 9.17) is 0 Å². The van der Waals surface area contributed by atoms with Crippen LogP contribution in [0.3, 0.4) is 0 Å². The van der Waals surface area contributed by atoms with Gasteiger partial charge in [0.15, 0.2) is 0 Å². The van der Waals surface area contributed by atoms with E-state index in [-0.39, 0.29) is 17.2 Å². The van der Waals surface area contributed by atoms with Crippen molar-refractivity contribution in [2.45, 2.75) is 27.2 Å². The zero-order valence-corrected chi connectivity index (χ0v) is 11.4. The third-order valence-electron chi connectivity index (χ3n) is 4.88. The van der Waals surface area contributed by atoms with Gasteiger partial charge in [-0.1, -0.05) is 30.7 Å². The number of hydrogen-bond donors (Lipinski definition) is 0. The third-order valence-corrected chi connectivity index (χ3v) is 4.88. The van der Waals surface area contributed by atoms with E-state index < -0.39 is 0 Å². The minimum absolute atomic E-state index is 0.0401. The zero-order valence-electron chi connectivity index (χ0n) is 11.4. The number of allylic oxidation sites excluding steroid dienone is 6. The smallest absolute Gasteiger partial charge is 0.233 e. The average Bonchev–Trinajstić information content (AvgIpc) is 2.54. The Balaban J connectivity index is 2.13. The van der Waals surface area contributed by atoms with Crippen molar-refractivity contribution in [2.24, 2.45) is 11.3 Å². The van der Waals surface area contributed by atoms with Gasteiger partial charge >= 0.3 is 0 Å². The highest BCUT2D eigenvalue weighted by molar-refractivity contribution is 5.88. The molecule has 0 bridgehead atoms. The Morgan fingerprint density at radius 3 is 2.89 bits per heavy atom. The molecule has 94 valence electrons. The fraction of sp³-hybridized carbons (Fsp3) is 0.438. The first-order chi connectivity index (χ1) is 8.45. The Labute approximate surface area is 108 Å². The summed E-state index contributed by atoms with van der Waals surface area (Å²) in [6.45, 7) is 6.50. The summed E-state index contributed by atoms with van der Waals surface area (Å²) in [4.78, 5) is 13.9. The summed E-state index contributed by atoms with van der Waals surface area (Å²) in [6, 6.07) is 0. The molecule has 2 atom stereocenters. The van der Waals surface area contributed by atoms with Crippen LogP contribution in [-0.2, 0) is 4.79 Å². The first-order valence-corrected chi connectivity index (χ1v) is 6.53. The van der Waals surface area contributed by atoms with Crippen LogP contribution >= 0.6 is 0 Å². The molecule has 0 saturated carbocycles. The highest BCUT2D eigenvalue weighted by Gasteiger charge is 2.43. The highest BCUT2D eigenvalue weighted by Crippen LogP contribution is 2.51. The maximum absolute atomic E-state index is 12.1. The van der Waals surface area contributed by atoms with E-state index in [0.29, 0.717) is 0 Å². The van der Waals surface area contributed by atoms with Crippen molar-refractivity contribution < 1.29 is 4.79 Å². The van der Waals surface area contributed by atoms with Crippen LogP contribution < -0.4 is 0 Å². The summed E-state index contributed by atoms with van der Waals surface area (Å²) in [6.07, 6.45) is 9.64. The summed E-state index contributed by atoms with van der Waals surface area (Å²) >= 11 is 0. The Bertz CT molecular complexity index is 562. The summed E-state index contributed by atoms with van der Waals surface area (Å²) in [5.41, 5.74) is 5.22. The number of fused-ring (bicyclic) bond motifs is 1. The Kier molecular flexibility index (Phi) is 2.22. The maximum atomic E-state index is 12.1. The van der Waals surface area contributed by atoms with Crippen LogP contribution in [0.5, 0.6) is 0 Å². The van der Waals surface area contributed by atoms with Gasteiger partial charge in [-0.25, -0.2) is 0 Å². The molecule has 3 aliphatic rings. The topological polar surface area (TPSA) is 20.3 Å². The summed E-state index contributed by atoms with van der Waals surface area (Å²) < 4.78 is 0. The molecule has 18 heavy (non-hydrogen) atoms. The molecule has 0 radical (unpaired) electrons. The van der Waals surface area contributed by atoms with Gasteiger partial charge in [0.05, 0.1) is 5.92 Å². The van der Waals surface area contributed by atoms with Gasteiger partial charge in [0, 0.05) is 18.2 Å². The molecule has 1 amide bonds. The van der Waals surface area contributed by atoms with E-state index in [1.165, 1.54) is 16.7 Å². The van der Waals surface area contributed by atoms with Crippen LogP contribution in [0.1, 0.15) is 27.2 Å². The first kappa shape index (κ1) is 11.5. The van der Waals surface area contributed by atoms with Gasteiger partial charge in [-0.3, -0.25) is 4.79 Å². The number of hydrogen-bond acceptors (Lipinski definition) is 1. The van der Waals surface area contributed by atoms with Gasteiger partial charge in [-0.05, 0) is 37.5 Å². The van der Waals surface area contributed by atoms with Crippen molar-refractivity contribution in [1.82, 2.24) is 4.90 Å². The second kappa shape index (κ2) is 3.47. The van der Waals surface area contributed by atoms with Crippen LogP contribution in [0.25, 0.3) is 0 Å². The lowest BCUT2D eigenvalue weighted by atomic mass is 9.66. The van der Waals surface area contributed by atoms with E-state index in [2.05, 4.69) is 38.2 Å². The molecule has 0 aromatic rings. The maximum Gasteiger partial charge on any atom is 0.233 e. The average molecular weight is 241 g/mol. The van der Waals surface area contributed by atoms with Gasteiger partial charge in [0.1, 0.15) is 0 Å². The van der Waals surface area contributed by atoms with E-state index in [9.17, 15) is 4.79 Å². The zero-order chi connectivity index (χ0) is 13.1. The number of nitrogens with zero attached hydrogens (tertiary/aromatic N) is 1. The lowest BCUT2D eigenvalue weighted by Crippen LogP contribution is -2.27. The van der Waals surface area contributed by atoms with Crippen molar-refractivity contribution in [3.63, 3.8) is 0 Å². The predicted octanol–water partition coefficient (Wildman–Crippen LogP) is 3.20. The van der Waals surface area contributed by atoms with Crippen molar-refractivity contribution in [1.29, 1.82) is 0 Å². The summed E-state index contributed by atoms with van der Waals surface area (Å²) in [5, 5.41) is 0. The lowest BCUT2D eigenvalue weighted by Gasteiger charge is -2.38. The molecular weight excluding hydrogens is 222 g/mol. The van der Waals surface area contributed by atoms with Gasteiger partial charge in [0.25, 0.3) is 0 Å². The number of carbonyl (C=O) groups is 1. The van der Waals surface area contributed by atoms with Crippen LogP contribution in [-0.4, -0.2) is 17.9 Å². The monoisotopic (exact) mass is 241 g/mol. The van der Waals surface area contributed by atoms with Gasteiger partial charge in [-0.2, -0.15) is 0 Å². The van der Waals surface area contributed by atoms with E-state index in [1.54, 1.807) is 0 Å². The number of amides is 1. The minimum Gasteiger partial charge on any atom is -0.315 e. The molecule has 2 nitrogen and oxygen atoms in total. The molecule has 3 rings (SSSR count). The molecule has 2 aliphatic carbocycles. The molecule has 0 N–H and O–H groups in total. The van der Waals surface area contributed by atoms with E-state index >= 15 is 0 Å². The molecule has 0 aromatic carbocycles. The number of rotatable bonds is 0. The van der Waals surface area contributed by atoms with Gasteiger partial charge in [0.2, 0.25) is 5.91 Å². The van der Waals surface area contributed by atoms with E-state index in [1.807, 2.05) is 18.9 Å². The SMILES string of the molecule is CC1=CC=CC2=CC3=C(CC12C)C(C)C(=O)N3C. The fourth-order valence-electron chi connectivity index (χ4n) is 3.30. The number of likely N-dealkylation sites (N-methyl/N-ethyl adjacent to an activating group) is 1. The quantitative estimate of drug-likeness (QED) is 0.637. The van der Waals surface area contributed by atoms with Crippen molar-refractivity contribution in [3.05, 3.63) is 46.7 Å². The Morgan fingerprint density at radius 2 is 2.17 bits per heavy atom. The second-order valence-corrected chi connectivity index (χ2v) is 5.85. The van der Waals surface area contributed by atoms with Crippen LogP contribution in [0.15, 0.2) is 46.7 Å². The molecule has 0 fully saturated rings. The lowest BCUT2D eigenvalue weighted by molar-refractivity contribution is -0.128. The number of carbonyl (C=O) groups excluding carboxylic acids is 1. The largest absolute Gasteiger partial charge is 0.315 e. The molecule has 1 heterocycles. The van der Waals surface area contributed by atoms with Crippen LogP contribution in [0.2, 0.25) is 0 Å². The highest BCUT2D eigenvalue weighted by atomic mass is 16.2. The fourth-order valence-corrected chi connectivity index (χ4v) is 3.30.